The largest absolute Gasteiger partial charge is 0.448 e. The first kappa shape index (κ1) is 16.3. The van der Waals surface area contributed by atoms with Crippen LogP contribution in [0.15, 0.2) is 43.0 Å². The van der Waals surface area contributed by atoms with Gasteiger partial charge in [0.05, 0.1) is 6.04 Å². The summed E-state index contributed by atoms with van der Waals surface area (Å²) in [5, 5.41) is 0. The van der Waals surface area contributed by atoms with Crippen LogP contribution in [0.25, 0.3) is 0 Å². The van der Waals surface area contributed by atoms with E-state index in [4.69, 9.17) is 4.74 Å². The number of morpholine rings is 1. The van der Waals surface area contributed by atoms with Crippen LogP contribution in [0, 0.1) is 0 Å². The van der Waals surface area contributed by atoms with Gasteiger partial charge in [-0.05, 0) is 39.7 Å². The minimum Gasteiger partial charge on any atom is -0.448 e. The highest BCUT2D eigenvalue weighted by Crippen LogP contribution is 2.39. The standard InChI is InChI=1S/C18H23NO3/c1-6-12-18(5)16(21)22-17(3,4)15(20)19(18)13(2)14-10-8-7-9-11-14/h6-11,13H,1,12H2,2-5H3/t13-,18+/m1/s1. The molecule has 22 heavy (non-hydrogen) atoms. The highest BCUT2D eigenvalue weighted by molar-refractivity contribution is 5.97. The van der Waals surface area contributed by atoms with Crippen LogP contribution in [0.2, 0.25) is 0 Å². The Morgan fingerprint density at radius 3 is 2.36 bits per heavy atom. The first-order valence-electron chi connectivity index (χ1n) is 7.47. The summed E-state index contributed by atoms with van der Waals surface area (Å²) in [5.74, 6) is -0.576. The van der Waals surface area contributed by atoms with Crippen molar-refractivity contribution in [1.82, 2.24) is 4.90 Å². The molecule has 1 aromatic rings. The molecular weight excluding hydrogens is 278 g/mol. The fraction of sp³-hybridized carbons (Fsp3) is 0.444. The highest BCUT2D eigenvalue weighted by atomic mass is 16.6. The molecule has 1 aliphatic heterocycles. The lowest BCUT2D eigenvalue weighted by molar-refractivity contribution is -0.201. The topological polar surface area (TPSA) is 46.6 Å². The minimum atomic E-state index is -1.15. The molecule has 0 unspecified atom stereocenters. The molecule has 1 amide bonds. The minimum absolute atomic E-state index is 0.187. The van der Waals surface area contributed by atoms with Crippen LogP contribution >= 0.6 is 0 Å². The van der Waals surface area contributed by atoms with Crippen molar-refractivity contribution in [3.63, 3.8) is 0 Å². The quantitative estimate of drug-likeness (QED) is 0.633. The van der Waals surface area contributed by atoms with E-state index in [-0.39, 0.29) is 17.9 Å². The number of carbonyl (C=O) groups excluding carboxylic acids is 2. The normalized spacial score (nSPS) is 25.5. The number of carbonyl (C=O) groups is 2. The molecule has 1 aromatic carbocycles. The van der Waals surface area contributed by atoms with Crippen molar-refractivity contribution in [2.24, 2.45) is 0 Å². The Morgan fingerprint density at radius 2 is 1.82 bits per heavy atom. The number of hydrogen-bond donors (Lipinski definition) is 0. The molecule has 2 rings (SSSR count). The van der Waals surface area contributed by atoms with E-state index in [2.05, 4.69) is 6.58 Å². The van der Waals surface area contributed by atoms with E-state index in [1.165, 1.54) is 0 Å². The number of esters is 1. The fourth-order valence-corrected chi connectivity index (χ4v) is 2.94. The van der Waals surface area contributed by atoms with Crippen molar-refractivity contribution in [2.45, 2.75) is 51.3 Å². The summed E-state index contributed by atoms with van der Waals surface area (Å²) in [7, 11) is 0. The van der Waals surface area contributed by atoms with Crippen molar-refractivity contribution in [3.8, 4) is 0 Å². The maximum Gasteiger partial charge on any atom is 0.333 e. The summed E-state index contributed by atoms with van der Waals surface area (Å²) in [6.45, 7) is 10.7. The molecule has 1 saturated heterocycles. The summed E-state index contributed by atoms with van der Waals surface area (Å²) in [6, 6.07) is 9.46. The van der Waals surface area contributed by atoms with Crippen LogP contribution in [-0.2, 0) is 14.3 Å². The lowest BCUT2D eigenvalue weighted by atomic mass is 9.86. The zero-order valence-corrected chi connectivity index (χ0v) is 13.6. The van der Waals surface area contributed by atoms with Crippen LogP contribution in [0.3, 0.4) is 0 Å². The molecule has 0 spiro atoms. The van der Waals surface area contributed by atoms with Crippen molar-refractivity contribution in [1.29, 1.82) is 0 Å². The Kier molecular flexibility index (Phi) is 4.14. The van der Waals surface area contributed by atoms with Gasteiger partial charge in [0, 0.05) is 0 Å². The predicted molar refractivity (Wildman–Crippen MR) is 85.1 cm³/mol. The van der Waals surface area contributed by atoms with Crippen LogP contribution in [0.1, 0.15) is 45.7 Å². The average Bonchev–Trinajstić information content (AvgIpc) is 2.46. The Labute approximate surface area is 131 Å². The Morgan fingerprint density at radius 1 is 1.23 bits per heavy atom. The smallest absolute Gasteiger partial charge is 0.333 e. The van der Waals surface area contributed by atoms with Gasteiger partial charge in [0.15, 0.2) is 5.60 Å². The van der Waals surface area contributed by atoms with Gasteiger partial charge in [-0.1, -0.05) is 36.4 Å². The summed E-state index contributed by atoms with van der Waals surface area (Å²) in [5.41, 5.74) is -1.21. The number of nitrogens with zero attached hydrogens (tertiary/aromatic N) is 1. The third-order valence-corrected chi connectivity index (χ3v) is 4.26. The third kappa shape index (κ3) is 2.54. The summed E-state index contributed by atoms with van der Waals surface area (Å²) in [4.78, 5) is 27.1. The van der Waals surface area contributed by atoms with Gasteiger partial charge in [-0.2, -0.15) is 0 Å². The van der Waals surface area contributed by atoms with Crippen LogP contribution in [0.5, 0.6) is 0 Å². The van der Waals surface area contributed by atoms with E-state index in [1.54, 1.807) is 31.7 Å². The second kappa shape index (κ2) is 5.59. The maximum atomic E-state index is 12.9. The van der Waals surface area contributed by atoms with E-state index in [1.807, 2.05) is 37.3 Å². The van der Waals surface area contributed by atoms with Gasteiger partial charge in [-0.15, -0.1) is 6.58 Å². The first-order valence-corrected chi connectivity index (χ1v) is 7.47. The summed E-state index contributed by atoms with van der Waals surface area (Å²) < 4.78 is 5.39. The first-order chi connectivity index (χ1) is 10.2. The van der Waals surface area contributed by atoms with E-state index in [9.17, 15) is 9.59 Å². The maximum absolute atomic E-state index is 12.9. The number of amides is 1. The molecule has 1 fully saturated rings. The van der Waals surface area contributed by atoms with Gasteiger partial charge >= 0.3 is 5.97 Å². The molecular formula is C18H23NO3. The number of benzene rings is 1. The Hall–Kier alpha value is -2.10. The molecule has 0 aromatic heterocycles. The lowest BCUT2D eigenvalue weighted by Gasteiger charge is -2.50. The van der Waals surface area contributed by atoms with Crippen molar-refractivity contribution in [3.05, 3.63) is 48.6 Å². The zero-order valence-electron chi connectivity index (χ0n) is 13.6. The van der Waals surface area contributed by atoms with Crippen LogP contribution in [0.4, 0.5) is 0 Å². The molecule has 4 nitrogen and oxygen atoms in total. The molecule has 118 valence electrons. The van der Waals surface area contributed by atoms with E-state index >= 15 is 0 Å². The van der Waals surface area contributed by atoms with Crippen LogP contribution in [-0.4, -0.2) is 27.9 Å². The van der Waals surface area contributed by atoms with E-state index < -0.39 is 11.1 Å². The second-order valence-corrected chi connectivity index (χ2v) is 6.43. The molecule has 1 aliphatic rings. The van der Waals surface area contributed by atoms with Crippen molar-refractivity contribution in [2.75, 3.05) is 0 Å². The van der Waals surface area contributed by atoms with Gasteiger partial charge in [-0.25, -0.2) is 4.79 Å². The van der Waals surface area contributed by atoms with E-state index in [0.29, 0.717) is 6.42 Å². The highest BCUT2D eigenvalue weighted by Gasteiger charge is 2.55. The number of cyclic esters (lactones) is 1. The van der Waals surface area contributed by atoms with Crippen LogP contribution < -0.4 is 0 Å². The lowest BCUT2D eigenvalue weighted by Crippen LogP contribution is -2.67. The summed E-state index contributed by atoms with van der Waals surface area (Å²) >= 11 is 0. The second-order valence-electron chi connectivity index (χ2n) is 6.43. The Balaban J connectivity index is 2.52. The van der Waals surface area contributed by atoms with Crippen molar-refractivity contribution < 1.29 is 14.3 Å². The van der Waals surface area contributed by atoms with Crippen molar-refractivity contribution >= 4 is 11.9 Å². The fourth-order valence-electron chi connectivity index (χ4n) is 2.94. The zero-order chi connectivity index (χ0) is 16.5. The molecule has 1 heterocycles. The SMILES string of the molecule is C=CC[C@@]1(C)C(=O)OC(C)(C)C(=O)N1[C@H](C)c1ccccc1. The monoisotopic (exact) mass is 301 g/mol. The number of hydrogen-bond acceptors (Lipinski definition) is 3. The van der Waals surface area contributed by atoms with E-state index in [0.717, 1.165) is 5.56 Å². The molecule has 4 heteroatoms. The molecule has 0 radical (unpaired) electrons. The van der Waals surface area contributed by atoms with Gasteiger partial charge in [0.2, 0.25) is 0 Å². The molecule has 2 atom stereocenters. The number of ether oxygens (including phenoxy) is 1. The van der Waals surface area contributed by atoms with Gasteiger partial charge in [0.1, 0.15) is 5.54 Å². The molecule has 0 N–H and O–H groups in total. The molecule has 0 saturated carbocycles. The van der Waals surface area contributed by atoms with Gasteiger partial charge in [0.25, 0.3) is 5.91 Å². The Bertz CT molecular complexity index is 594. The molecule has 0 aliphatic carbocycles. The van der Waals surface area contributed by atoms with Gasteiger partial charge < -0.3 is 9.64 Å². The predicted octanol–water partition coefficient (Wildman–Crippen LogP) is 3.25. The third-order valence-electron chi connectivity index (χ3n) is 4.26. The molecule has 0 bridgehead atoms. The summed E-state index contributed by atoms with van der Waals surface area (Å²) in [6.07, 6.45) is 2.00. The average molecular weight is 301 g/mol. The number of rotatable bonds is 4. The van der Waals surface area contributed by atoms with Gasteiger partial charge in [-0.3, -0.25) is 4.79 Å².